The van der Waals surface area contributed by atoms with Gasteiger partial charge in [0, 0.05) is 11.6 Å². The zero-order valence-corrected chi connectivity index (χ0v) is 7.82. The summed E-state index contributed by atoms with van der Waals surface area (Å²) in [4.78, 5) is 15.0. The van der Waals surface area contributed by atoms with E-state index in [0.717, 1.165) is 0 Å². The number of pyridine rings is 1. The smallest absolute Gasteiger partial charge is 0.337 e. The molecule has 1 aromatic heterocycles. The van der Waals surface area contributed by atoms with Crippen LogP contribution in [0, 0.1) is 0 Å². The first-order chi connectivity index (χ1) is 6.70. The molecular weight excluding hydrogens is 202 g/mol. The summed E-state index contributed by atoms with van der Waals surface area (Å²) in [6.07, 6.45) is 1.35. The van der Waals surface area contributed by atoms with Gasteiger partial charge in [0.1, 0.15) is 0 Å². The Morgan fingerprint density at radius 3 is 2.79 bits per heavy atom. The number of aromatic nitrogens is 1. The SMILES string of the molecule is O=C(O)c1c(Cl)cnc2ccccc12. The molecule has 0 aliphatic rings. The van der Waals surface area contributed by atoms with Crippen LogP contribution in [0.5, 0.6) is 0 Å². The molecule has 0 amide bonds. The average Bonchev–Trinajstić information content (AvgIpc) is 2.17. The minimum Gasteiger partial charge on any atom is -0.478 e. The van der Waals surface area contributed by atoms with Gasteiger partial charge < -0.3 is 5.11 Å². The molecule has 0 radical (unpaired) electrons. The zero-order valence-electron chi connectivity index (χ0n) is 7.07. The molecule has 0 saturated heterocycles. The predicted molar refractivity (Wildman–Crippen MR) is 53.7 cm³/mol. The van der Waals surface area contributed by atoms with Crippen LogP contribution in [0.3, 0.4) is 0 Å². The number of fused-ring (bicyclic) bond motifs is 1. The van der Waals surface area contributed by atoms with Crippen LogP contribution in [0.25, 0.3) is 10.9 Å². The number of rotatable bonds is 1. The molecule has 0 saturated carbocycles. The van der Waals surface area contributed by atoms with Crippen molar-refractivity contribution in [2.75, 3.05) is 0 Å². The lowest BCUT2D eigenvalue weighted by molar-refractivity contribution is 0.0699. The molecule has 14 heavy (non-hydrogen) atoms. The summed E-state index contributed by atoms with van der Waals surface area (Å²) >= 11 is 5.75. The second-order valence-corrected chi connectivity index (χ2v) is 3.21. The summed E-state index contributed by atoms with van der Waals surface area (Å²) in [5, 5.41) is 9.68. The second-order valence-electron chi connectivity index (χ2n) is 2.80. The molecule has 2 rings (SSSR count). The number of nitrogens with zero attached hydrogens (tertiary/aromatic N) is 1. The Labute approximate surface area is 85.0 Å². The molecule has 2 aromatic rings. The van der Waals surface area contributed by atoms with Crippen molar-refractivity contribution < 1.29 is 9.90 Å². The molecule has 70 valence electrons. The molecule has 1 N–H and O–H groups in total. The number of hydrogen-bond acceptors (Lipinski definition) is 2. The van der Waals surface area contributed by atoms with Gasteiger partial charge in [0.15, 0.2) is 0 Å². The number of benzene rings is 1. The Kier molecular flexibility index (Phi) is 2.09. The second kappa shape index (κ2) is 3.27. The van der Waals surface area contributed by atoms with Crippen molar-refractivity contribution in [2.24, 2.45) is 0 Å². The van der Waals surface area contributed by atoms with Crippen LogP contribution in [0.15, 0.2) is 30.5 Å². The molecule has 1 heterocycles. The van der Waals surface area contributed by atoms with E-state index < -0.39 is 5.97 Å². The maximum atomic E-state index is 10.9. The third kappa shape index (κ3) is 1.32. The van der Waals surface area contributed by atoms with E-state index in [2.05, 4.69) is 4.98 Å². The van der Waals surface area contributed by atoms with Crippen molar-refractivity contribution in [3.05, 3.63) is 41.0 Å². The number of carboxylic acid groups (broad SMARTS) is 1. The maximum absolute atomic E-state index is 10.9. The zero-order chi connectivity index (χ0) is 10.1. The molecule has 3 nitrogen and oxygen atoms in total. The van der Waals surface area contributed by atoms with E-state index in [1.807, 2.05) is 0 Å². The van der Waals surface area contributed by atoms with Crippen LogP contribution in [-0.2, 0) is 0 Å². The number of halogens is 1. The Morgan fingerprint density at radius 1 is 1.36 bits per heavy atom. The largest absolute Gasteiger partial charge is 0.478 e. The van der Waals surface area contributed by atoms with Gasteiger partial charge in [-0.25, -0.2) is 4.79 Å². The lowest BCUT2D eigenvalue weighted by atomic mass is 10.1. The molecule has 4 heteroatoms. The highest BCUT2D eigenvalue weighted by Gasteiger charge is 2.13. The van der Waals surface area contributed by atoms with Gasteiger partial charge in [-0.1, -0.05) is 29.8 Å². The first-order valence-electron chi connectivity index (χ1n) is 3.96. The first-order valence-corrected chi connectivity index (χ1v) is 4.34. The fourth-order valence-electron chi connectivity index (χ4n) is 1.33. The monoisotopic (exact) mass is 207 g/mol. The van der Waals surface area contributed by atoms with Crippen LogP contribution >= 0.6 is 11.6 Å². The maximum Gasteiger partial charge on any atom is 0.337 e. The van der Waals surface area contributed by atoms with E-state index in [0.29, 0.717) is 10.9 Å². The molecule has 0 unspecified atom stereocenters. The summed E-state index contributed by atoms with van der Waals surface area (Å²) in [6.45, 7) is 0. The van der Waals surface area contributed by atoms with E-state index in [9.17, 15) is 4.79 Å². The molecule has 0 atom stereocenters. The van der Waals surface area contributed by atoms with Crippen molar-refractivity contribution in [1.29, 1.82) is 0 Å². The topological polar surface area (TPSA) is 50.2 Å². The van der Waals surface area contributed by atoms with Crippen molar-refractivity contribution in [3.63, 3.8) is 0 Å². The summed E-state index contributed by atoms with van der Waals surface area (Å²) < 4.78 is 0. The Hall–Kier alpha value is -1.61. The highest BCUT2D eigenvalue weighted by molar-refractivity contribution is 6.34. The molecule has 0 spiro atoms. The van der Waals surface area contributed by atoms with Crippen LogP contribution in [0.1, 0.15) is 10.4 Å². The van der Waals surface area contributed by atoms with E-state index in [4.69, 9.17) is 16.7 Å². The van der Waals surface area contributed by atoms with Crippen molar-refractivity contribution in [1.82, 2.24) is 4.98 Å². The van der Waals surface area contributed by atoms with Gasteiger partial charge in [0.2, 0.25) is 0 Å². The van der Waals surface area contributed by atoms with Gasteiger partial charge in [-0.2, -0.15) is 0 Å². The van der Waals surface area contributed by atoms with E-state index in [-0.39, 0.29) is 10.6 Å². The highest BCUT2D eigenvalue weighted by atomic mass is 35.5. The van der Waals surface area contributed by atoms with Crippen LogP contribution in [-0.4, -0.2) is 16.1 Å². The van der Waals surface area contributed by atoms with E-state index in [1.165, 1.54) is 6.20 Å². The van der Waals surface area contributed by atoms with Gasteiger partial charge in [-0.3, -0.25) is 4.98 Å². The van der Waals surface area contributed by atoms with Crippen LogP contribution < -0.4 is 0 Å². The molecular formula is C10H6ClNO2. The van der Waals surface area contributed by atoms with Crippen molar-refractivity contribution >= 4 is 28.5 Å². The highest BCUT2D eigenvalue weighted by Crippen LogP contribution is 2.23. The fraction of sp³-hybridized carbons (Fsp3) is 0. The Morgan fingerprint density at radius 2 is 2.07 bits per heavy atom. The van der Waals surface area contributed by atoms with Gasteiger partial charge in [0.25, 0.3) is 0 Å². The molecule has 0 fully saturated rings. The number of carboxylic acids is 1. The van der Waals surface area contributed by atoms with Gasteiger partial charge in [0.05, 0.1) is 16.1 Å². The number of hydrogen-bond donors (Lipinski definition) is 1. The van der Waals surface area contributed by atoms with Crippen LogP contribution in [0.4, 0.5) is 0 Å². The fourth-order valence-corrected chi connectivity index (χ4v) is 1.57. The van der Waals surface area contributed by atoms with E-state index >= 15 is 0 Å². The Balaban J connectivity index is 2.90. The predicted octanol–water partition coefficient (Wildman–Crippen LogP) is 2.59. The summed E-state index contributed by atoms with van der Waals surface area (Å²) in [5.74, 6) is -1.03. The van der Waals surface area contributed by atoms with Crippen LogP contribution in [0.2, 0.25) is 5.02 Å². The third-order valence-electron chi connectivity index (χ3n) is 1.94. The molecule has 0 aliphatic heterocycles. The lowest BCUT2D eigenvalue weighted by Crippen LogP contribution is -1.99. The number of carbonyl (C=O) groups is 1. The average molecular weight is 208 g/mol. The Bertz CT molecular complexity index is 510. The summed E-state index contributed by atoms with van der Waals surface area (Å²) in [6, 6.07) is 7.00. The van der Waals surface area contributed by atoms with Crippen molar-refractivity contribution in [2.45, 2.75) is 0 Å². The number of aromatic carboxylic acids is 1. The standard InChI is InChI=1S/C10H6ClNO2/c11-7-5-12-8-4-2-1-3-6(8)9(7)10(13)14/h1-5H,(H,13,14). The minimum absolute atomic E-state index is 0.109. The molecule has 0 bridgehead atoms. The summed E-state index contributed by atoms with van der Waals surface area (Å²) in [7, 11) is 0. The number of para-hydroxylation sites is 1. The quantitative estimate of drug-likeness (QED) is 0.782. The first kappa shape index (κ1) is 8.97. The molecule has 1 aromatic carbocycles. The van der Waals surface area contributed by atoms with Gasteiger partial charge in [-0.05, 0) is 6.07 Å². The van der Waals surface area contributed by atoms with Crippen molar-refractivity contribution in [3.8, 4) is 0 Å². The third-order valence-corrected chi connectivity index (χ3v) is 2.23. The van der Waals surface area contributed by atoms with E-state index in [1.54, 1.807) is 24.3 Å². The normalized spacial score (nSPS) is 10.4. The minimum atomic E-state index is -1.03. The lowest BCUT2D eigenvalue weighted by Gasteiger charge is -2.02. The summed E-state index contributed by atoms with van der Waals surface area (Å²) in [5.41, 5.74) is 0.742. The van der Waals surface area contributed by atoms with Gasteiger partial charge in [-0.15, -0.1) is 0 Å². The molecule has 0 aliphatic carbocycles. The van der Waals surface area contributed by atoms with Gasteiger partial charge >= 0.3 is 5.97 Å².